The lowest BCUT2D eigenvalue weighted by Crippen LogP contribution is -2.29. The van der Waals surface area contributed by atoms with Gasteiger partial charge in [-0.15, -0.1) is 0 Å². The van der Waals surface area contributed by atoms with Crippen LogP contribution in [0.25, 0.3) is 22.2 Å². The summed E-state index contributed by atoms with van der Waals surface area (Å²) in [4.78, 5) is 27.7. The molecule has 0 spiro atoms. The number of nitrogens with zero attached hydrogens (tertiary/aromatic N) is 2. The lowest BCUT2D eigenvalue weighted by atomic mass is 10.1. The number of halogens is 1. The van der Waals surface area contributed by atoms with Gasteiger partial charge in [-0.3, -0.25) is 9.59 Å². The summed E-state index contributed by atoms with van der Waals surface area (Å²) in [7, 11) is 0. The minimum absolute atomic E-state index is 0.196. The van der Waals surface area contributed by atoms with E-state index in [1.165, 1.54) is 6.07 Å². The van der Waals surface area contributed by atoms with Crippen LogP contribution in [0.4, 0.5) is 5.69 Å². The van der Waals surface area contributed by atoms with Crippen molar-refractivity contribution in [2.24, 2.45) is 0 Å². The van der Waals surface area contributed by atoms with E-state index < -0.39 is 0 Å². The molecule has 2 N–H and O–H groups in total. The van der Waals surface area contributed by atoms with Gasteiger partial charge in [0.1, 0.15) is 6.54 Å². The standard InChI is InChI=1S/C20H15ClN4O2/c21-15-5-2-1-4-13(15)18-8-9-20(27)25(24-18)12-19(26)23-17-7-3-6-16-14(17)10-11-22-16/h1-11,22H,12H2,(H,23,26). The number of anilines is 1. The number of carbonyl (C=O) groups excluding carboxylic acids is 1. The maximum Gasteiger partial charge on any atom is 0.267 e. The molecule has 7 heteroatoms. The summed E-state index contributed by atoms with van der Waals surface area (Å²) in [5.41, 5.74) is 2.46. The summed E-state index contributed by atoms with van der Waals surface area (Å²) >= 11 is 6.20. The summed E-state index contributed by atoms with van der Waals surface area (Å²) in [5, 5.41) is 8.55. The van der Waals surface area contributed by atoms with E-state index in [0.717, 1.165) is 15.6 Å². The SMILES string of the molecule is O=C(Cn1nc(-c2ccccc2Cl)ccc1=O)Nc1cccc2[nH]ccc12. The van der Waals surface area contributed by atoms with Crippen molar-refractivity contribution in [3.63, 3.8) is 0 Å². The molecule has 0 aliphatic rings. The van der Waals surface area contributed by atoms with Crippen LogP contribution in [0.15, 0.2) is 71.7 Å². The van der Waals surface area contributed by atoms with Crippen LogP contribution in [0.1, 0.15) is 0 Å². The van der Waals surface area contributed by atoms with Crippen LogP contribution in [0.3, 0.4) is 0 Å². The number of rotatable bonds is 4. The van der Waals surface area contributed by atoms with Crippen LogP contribution in [0.2, 0.25) is 5.02 Å². The second-order valence-corrected chi connectivity index (χ2v) is 6.39. The van der Waals surface area contributed by atoms with Gasteiger partial charge in [-0.05, 0) is 30.3 Å². The van der Waals surface area contributed by atoms with Crippen LogP contribution in [-0.2, 0) is 11.3 Å². The Bertz CT molecular complexity index is 1200. The molecule has 4 aromatic rings. The van der Waals surface area contributed by atoms with Gasteiger partial charge in [0.2, 0.25) is 5.91 Å². The topological polar surface area (TPSA) is 79.8 Å². The smallest absolute Gasteiger partial charge is 0.267 e. The van der Waals surface area contributed by atoms with E-state index in [1.807, 2.05) is 42.5 Å². The third-order valence-corrected chi connectivity index (χ3v) is 4.51. The highest BCUT2D eigenvalue weighted by Crippen LogP contribution is 2.25. The first-order valence-electron chi connectivity index (χ1n) is 8.31. The summed E-state index contributed by atoms with van der Waals surface area (Å²) in [6, 6.07) is 17.6. The number of fused-ring (bicyclic) bond motifs is 1. The molecule has 0 unspecified atom stereocenters. The van der Waals surface area contributed by atoms with E-state index in [2.05, 4.69) is 15.4 Å². The van der Waals surface area contributed by atoms with Crippen LogP contribution >= 0.6 is 11.6 Å². The van der Waals surface area contributed by atoms with Gasteiger partial charge in [-0.2, -0.15) is 5.10 Å². The third kappa shape index (κ3) is 3.47. The molecule has 0 saturated carbocycles. The molecule has 134 valence electrons. The summed E-state index contributed by atoms with van der Waals surface area (Å²) in [6.45, 7) is -0.196. The molecule has 4 rings (SSSR count). The van der Waals surface area contributed by atoms with Gasteiger partial charge in [0.15, 0.2) is 0 Å². The fraction of sp³-hybridized carbons (Fsp3) is 0.0500. The van der Waals surface area contributed by atoms with E-state index in [9.17, 15) is 9.59 Å². The van der Waals surface area contributed by atoms with Crippen molar-refractivity contribution in [3.05, 3.63) is 82.2 Å². The van der Waals surface area contributed by atoms with E-state index in [0.29, 0.717) is 22.0 Å². The molecule has 2 heterocycles. The second kappa shape index (κ2) is 7.09. The van der Waals surface area contributed by atoms with Crippen LogP contribution < -0.4 is 10.9 Å². The lowest BCUT2D eigenvalue weighted by molar-refractivity contribution is -0.117. The predicted octanol–water partition coefficient (Wildman–Crippen LogP) is 3.68. The third-order valence-electron chi connectivity index (χ3n) is 4.18. The van der Waals surface area contributed by atoms with Crippen molar-refractivity contribution < 1.29 is 4.79 Å². The Morgan fingerprint density at radius 3 is 2.78 bits per heavy atom. The first-order valence-corrected chi connectivity index (χ1v) is 8.68. The minimum atomic E-state index is -0.360. The predicted molar refractivity (Wildman–Crippen MR) is 106 cm³/mol. The molecule has 27 heavy (non-hydrogen) atoms. The molecular weight excluding hydrogens is 364 g/mol. The van der Waals surface area contributed by atoms with Gasteiger partial charge < -0.3 is 10.3 Å². The maximum absolute atomic E-state index is 12.5. The average Bonchev–Trinajstić information content (AvgIpc) is 3.14. The number of hydrogen-bond donors (Lipinski definition) is 2. The molecule has 2 aromatic heterocycles. The molecule has 0 saturated heterocycles. The zero-order chi connectivity index (χ0) is 18.8. The Morgan fingerprint density at radius 1 is 1.07 bits per heavy atom. The highest BCUT2D eigenvalue weighted by Gasteiger charge is 2.11. The zero-order valence-electron chi connectivity index (χ0n) is 14.1. The monoisotopic (exact) mass is 378 g/mol. The van der Waals surface area contributed by atoms with Crippen molar-refractivity contribution in [2.75, 3.05) is 5.32 Å². The Hall–Kier alpha value is -3.38. The normalized spacial score (nSPS) is 10.9. The number of H-pyrrole nitrogens is 1. The number of hydrogen-bond acceptors (Lipinski definition) is 3. The van der Waals surface area contributed by atoms with Crippen LogP contribution in [-0.4, -0.2) is 20.7 Å². The molecule has 2 aromatic carbocycles. The van der Waals surface area contributed by atoms with Crippen LogP contribution in [0, 0.1) is 0 Å². The summed E-state index contributed by atoms with van der Waals surface area (Å²) in [5.74, 6) is -0.338. The number of nitrogens with one attached hydrogen (secondary N) is 2. The summed E-state index contributed by atoms with van der Waals surface area (Å²) < 4.78 is 1.13. The van der Waals surface area contributed by atoms with Gasteiger partial charge in [0.05, 0.1) is 16.4 Å². The van der Waals surface area contributed by atoms with Gasteiger partial charge >= 0.3 is 0 Å². The largest absolute Gasteiger partial charge is 0.361 e. The molecule has 0 bridgehead atoms. The van der Waals surface area contributed by atoms with Crippen molar-refractivity contribution in [1.82, 2.24) is 14.8 Å². The number of benzene rings is 2. The Balaban J connectivity index is 1.60. The minimum Gasteiger partial charge on any atom is -0.361 e. The lowest BCUT2D eigenvalue weighted by Gasteiger charge is -2.09. The van der Waals surface area contributed by atoms with E-state index >= 15 is 0 Å². The molecule has 0 atom stereocenters. The first kappa shape index (κ1) is 17.1. The fourth-order valence-electron chi connectivity index (χ4n) is 2.89. The molecule has 0 aliphatic carbocycles. The van der Waals surface area contributed by atoms with Crippen LogP contribution in [0.5, 0.6) is 0 Å². The number of carbonyl (C=O) groups is 1. The van der Waals surface area contributed by atoms with Gasteiger partial charge in [-0.25, -0.2) is 4.68 Å². The zero-order valence-corrected chi connectivity index (χ0v) is 14.9. The molecule has 1 amide bonds. The fourth-order valence-corrected chi connectivity index (χ4v) is 3.13. The Morgan fingerprint density at radius 2 is 1.93 bits per heavy atom. The van der Waals surface area contributed by atoms with Gasteiger partial charge in [-0.1, -0.05) is 35.9 Å². The number of amides is 1. The quantitative estimate of drug-likeness (QED) is 0.568. The highest BCUT2D eigenvalue weighted by molar-refractivity contribution is 6.33. The second-order valence-electron chi connectivity index (χ2n) is 5.99. The number of aromatic amines is 1. The summed E-state index contributed by atoms with van der Waals surface area (Å²) in [6.07, 6.45) is 1.81. The van der Waals surface area contributed by atoms with Crippen molar-refractivity contribution in [3.8, 4) is 11.3 Å². The number of aromatic nitrogens is 3. The Labute approximate surface area is 159 Å². The highest BCUT2D eigenvalue weighted by atomic mass is 35.5. The molecule has 0 radical (unpaired) electrons. The molecular formula is C20H15ClN4O2. The first-order chi connectivity index (χ1) is 13.1. The van der Waals surface area contributed by atoms with Gasteiger partial charge in [0.25, 0.3) is 5.56 Å². The molecule has 0 fully saturated rings. The van der Waals surface area contributed by atoms with Crippen molar-refractivity contribution in [1.29, 1.82) is 0 Å². The Kier molecular flexibility index (Phi) is 4.48. The van der Waals surface area contributed by atoms with E-state index in [4.69, 9.17) is 11.6 Å². The van der Waals surface area contributed by atoms with Crippen molar-refractivity contribution >= 4 is 34.1 Å². The maximum atomic E-state index is 12.5. The van der Waals surface area contributed by atoms with E-state index in [1.54, 1.807) is 18.3 Å². The molecule has 6 nitrogen and oxygen atoms in total. The van der Waals surface area contributed by atoms with E-state index in [-0.39, 0.29) is 18.0 Å². The van der Waals surface area contributed by atoms with Crippen molar-refractivity contribution in [2.45, 2.75) is 6.54 Å². The molecule has 0 aliphatic heterocycles. The average molecular weight is 379 g/mol. The van der Waals surface area contributed by atoms with Gasteiger partial charge in [0, 0.05) is 28.7 Å².